The number of rotatable bonds is 5. The Balaban J connectivity index is 1.39. The van der Waals surface area contributed by atoms with Gasteiger partial charge in [0.25, 0.3) is 0 Å². The van der Waals surface area contributed by atoms with Crippen LogP contribution in [0.5, 0.6) is 0 Å². The molecule has 1 aliphatic carbocycles. The summed E-state index contributed by atoms with van der Waals surface area (Å²) in [5, 5.41) is 12.5. The van der Waals surface area contributed by atoms with Crippen molar-refractivity contribution in [2.75, 3.05) is 33.0 Å². The van der Waals surface area contributed by atoms with Gasteiger partial charge in [0.1, 0.15) is 17.0 Å². The average Bonchev–Trinajstić information content (AvgIpc) is 3.42. The van der Waals surface area contributed by atoms with Gasteiger partial charge in [-0.15, -0.1) is 11.3 Å². The van der Waals surface area contributed by atoms with Crippen molar-refractivity contribution in [1.82, 2.24) is 30.0 Å². The number of aromatic amines is 1. The summed E-state index contributed by atoms with van der Waals surface area (Å²) in [4.78, 5) is 39.2. The van der Waals surface area contributed by atoms with E-state index >= 15 is 0 Å². The number of benzene rings is 1. The van der Waals surface area contributed by atoms with E-state index < -0.39 is 0 Å². The van der Waals surface area contributed by atoms with Crippen LogP contribution in [0.3, 0.4) is 0 Å². The van der Waals surface area contributed by atoms with Gasteiger partial charge in [-0.2, -0.15) is 5.10 Å². The standard InChI is InChI=1S/C23H25N7O2S/c1-29(2)19(31)11-30(3)23(32)13-4-6-16-18(9-13)33-22-20(16)21(24-12-25-22)27-15-5-7-17-14(8-15)10-26-28-17/h5,7-8,10,12-13H,4,6,9,11H2,1-3H3,(H,26,28)(H,24,25,27)/t13-/m0/s1. The van der Waals surface area contributed by atoms with Crippen LogP contribution in [0.4, 0.5) is 11.5 Å². The van der Waals surface area contributed by atoms with Crippen LogP contribution >= 0.6 is 11.3 Å². The first-order valence-corrected chi connectivity index (χ1v) is 11.6. The summed E-state index contributed by atoms with van der Waals surface area (Å²) in [6, 6.07) is 6.01. The second kappa shape index (κ2) is 8.43. The molecule has 0 spiro atoms. The van der Waals surface area contributed by atoms with Gasteiger partial charge in [-0.05, 0) is 43.0 Å². The van der Waals surface area contributed by atoms with Crippen LogP contribution in [-0.4, -0.2) is 69.5 Å². The van der Waals surface area contributed by atoms with Crippen molar-refractivity contribution in [3.05, 3.63) is 41.2 Å². The van der Waals surface area contributed by atoms with Crippen molar-refractivity contribution in [2.24, 2.45) is 5.92 Å². The topological polar surface area (TPSA) is 107 Å². The normalized spacial score (nSPS) is 15.4. The van der Waals surface area contributed by atoms with Gasteiger partial charge in [0.05, 0.1) is 23.6 Å². The van der Waals surface area contributed by atoms with E-state index in [-0.39, 0.29) is 24.3 Å². The van der Waals surface area contributed by atoms with Crippen LogP contribution in [0.15, 0.2) is 30.7 Å². The Morgan fingerprint density at radius 3 is 2.91 bits per heavy atom. The molecular formula is C23H25N7O2S. The number of carbonyl (C=O) groups is 2. The van der Waals surface area contributed by atoms with Gasteiger partial charge in [0.2, 0.25) is 11.8 Å². The molecule has 170 valence electrons. The summed E-state index contributed by atoms with van der Waals surface area (Å²) < 4.78 is 0. The Bertz CT molecular complexity index is 1360. The first kappa shape index (κ1) is 21.3. The Morgan fingerprint density at radius 1 is 1.24 bits per heavy atom. The molecule has 1 atom stereocenters. The lowest BCUT2D eigenvalue weighted by molar-refractivity contribution is -0.140. The molecule has 2 amide bonds. The lowest BCUT2D eigenvalue weighted by Gasteiger charge is -2.27. The molecule has 0 unspecified atom stereocenters. The van der Waals surface area contributed by atoms with Crippen molar-refractivity contribution >= 4 is 55.8 Å². The number of thiophene rings is 1. The number of anilines is 2. The molecule has 1 aromatic carbocycles. The third-order valence-corrected chi connectivity index (χ3v) is 7.31. The maximum Gasteiger partial charge on any atom is 0.241 e. The molecule has 0 fully saturated rings. The second-order valence-corrected chi connectivity index (χ2v) is 9.71. The summed E-state index contributed by atoms with van der Waals surface area (Å²) in [6.45, 7) is 0.0994. The van der Waals surface area contributed by atoms with Gasteiger partial charge in [-0.1, -0.05) is 0 Å². The predicted octanol–water partition coefficient (Wildman–Crippen LogP) is 2.96. The number of nitrogens with one attached hydrogen (secondary N) is 2. The zero-order chi connectivity index (χ0) is 23.1. The predicted molar refractivity (Wildman–Crippen MR) is 129 cm³/mol. The zero-order valence-electron chi connectivity index (χ0n) is 18.8. The molecule has 1 aliphatic rings. The van der Waals surface area contributed by atoms with Crippen LogP contribution in [0.1, 0.15) is 16.9 Å². The van der Waals surface area contributed by atoms with E-state index in [4.69, 9.17) is 0 Å². The number of H-pyrrole nitrogens is 1. The number of hydrogen-bond donors (Lipinski definition) is 2. The number of amides is 2. The SMILES string of the molecule is CN(C)C(=O)CN(C)C(=O)[C@H]1CCc2c(sc3ncnc(Nc4ccc5[nH]ncc5c4)c23)C1. The largest absolute Gasteiger partial charge is 0.347 e. The Kier molecular flexibility index (Phi) is 5.45. The van der Waals surface area contributed by atoms with E-state index in [1.807, 2.05) is 18.2 Å². The van der Waals surface area contributed by atoms with E-state index in [0.717, 1.165) is 45.5 Å². The van der Waals surface area contributed by atoms with Crippen molar-refractivity contribution in [1.29, 1.82) is 0 Å². The number of fused-ring (bicyclic) bond motifs is 4. The molecule has 9 nitrogen and oxygen atoms in total. The Hall–Kier alpha value is -3.53. The fraction of sp³-hybridized carbons (Fsp3) is 0.348. The van der Waals surface area contributed by atoms with E-state index in [9.17, 15) is 9.59 Å². The summed E-state index contributed by atoms with van der Waals surface area (Å²) >= 11 is 1.63. The first-order valence-electron chi connectivity index (χ1n) is 10.8. The van der Waals surface area contributed by atoms with Crippen molar-refractivity contribution < 1.29 is 9.59 Å². The van der Waals surface area contributed by atoms with Gasteiger partial charge in [-0.25, -0.2) is 9.97 Å². The molecule has 0 radical (unpaired) electrons. The quantitative estimate of drug-likeness (QED) is 0.471. The molecule has 3 heterocycles. The van der Waals surface area contributed by atoms with Gasteiger partial charge in [0.15, 0.2) is 0 Å². The lowest BCUT2D eigenvalue weighted by Crippen LogP contribution is -2.41. The van der Waals surface area contributed by atoms with E-state index in [0.29, 0.717) is 6.42 Å². The fourth-order valence-corrected chi connectivity index (χ4v) is 5.57. The zero-order valence-corrected chi connectivity index (χ0v) is 19.6. The summed E-state index contributed by atoms with van der Waals surface area (Å²) in [5.74, 6) is 0.590. The highest BCUT2D eigenvalue weighted by Gasteiger charge is 2.31. The molecule has 3 aromatic heterocycles. The molecular weight excluding hydrogens is 438 g/mol. The fourth-order valence-electron chi connectivity index (χ4n) is 4.31. The van der Waals surface area contributed by atoms with Gasteiger partial charge in [0, 0.05) is 43.0 Å². The van der Waals surface area contributed by atoms with Crippen LogP contribution in [0.25, 0.3) is 21.1 Å². The van der Waals surface area contributed by atoms with Crippen LogP contribution in [-0.2, 0) is 22.4 Å². The average molecular weight is 464 g/mol. The van der Waals surface area contributed by atoms with Gasteiger partial charge in [-0.3, -0.25) is 14.7 Å². The third kappa shape index (κ3) is 4.02. The van der Waals surface area contributed by atoms with Gasteiger partial charge >= 0.3 is 0 Å². The monoisotopic (exact) mass is 463 g/mol. The molecule has 10 heteroatoms. The number of aromatic nitrogens is 4. The number of likely N-dealkylation sites (N-methyl/N-ethyl adjacent to an activating group) is 2. The smallest absolute Gasteiger partial charge is 0.241 e. The Labute approximate surface area is 194 Å². The minimum atomic E-state index is -0.126. The number of nitrogens with zero attached hydrogens (tertiary/aromatic N) is 5. The van der Waals surface area contributed by atoms with E-state index in [1.165, 1.54) is 15.3 Å². The third-order valence-electron chi connectivity index (χ3n) is 6.14. The molecule has 0 bridgehead atoms. The molecule has 5 rings (SSSR count). The van der Waals surface area contributed by atoms with E-state index in [1.54, 1.807) is 49.9 Å². The van der Waals surface area contributed by atoms with Crippen LogP contribution in [0, 0.1) is 5.92 Å². The summed E-state index contributed by atoms with van der Waals surface area (Å²) in [5.41, 5.74) is 3.13. The van der Waals surface area contributed by atoms with Crippen molar-refractivity contribution in [2.45, 2.75) is 19.3 Å². The van der Waals surface area contributed by atoms with E-state index in [2.05, 4.69) is 25.5 Å². The highest BCUT2D eigenvalue weighted by Crippen LogP contribution is 2.40. The van der Waals surface area contributed by atoms with Crippen LogP contribution < -0.4 is 5.32 Å². The molecule has 4 aromatic rings. The molecule has 0 aliphatic heterocycles. The van der Waals surface area contributed by atoms with Crippen LogP contribution in [0.2, 0.25) is 0 Å². The van der Waals surface area contributed by atoms with Gasteiger partial charge < -0.3 is 15.1 Å². The maximum absolute atomic E-state index is 13.0. The van der Waals surface area contributed by atoms with Crippen molar-refractivity contribution in [3.63, 3.8) is 0 Å². The molecule has 0 saturated carbocycles. The molecule has 2 N–H and O–H groups in total. The highest BCUT2D eigenvalue weighted by atomic mass is 32.1. The minimum Gasteiger partial charge on any atom is -0.347 e. The summed E-state index contributed by atoms with van der Waals surface area (Å²) in [7, 11) is 5.10. The number of carbonyl (C=O) groups excluding carboxylic acids is 2. The summed E-state index contributed by atoms with van der Waals surface area (Å²) in [6.07, 6.45) is 5.56. The highest BCUT2D eigenvalue weighted by molar-refractivity contribution is 7.19. The molecule has 33 heavy (non-hydrogen) atoms. The first-order chi connectivity index (χ1) is 15.9. The Morgan fingerprint density at radius 2 is 2.09 bits per heavy atom. The molecule has 0 saturated heterocycles. The lowest BCUT2D eigenvalue weighted by atomic mass is 9.87. The second-order valence-electron chi connectivity index (χ2n) is 8.63. The number of hydrogen-bond acceptors (Lipinski definition) is 7. The van der Waals surface area contributed by atoms with Crippen molar-refractivity contribution in [3.8, 4) is 0 Å². The number of aryl methyl sites for hydroxylation is 1. The minimum absolute atomic E-state index is 0.0196. The maximum atomic E-state index is 13.0.